The summed E-state index contributed by atoms with van der Waals surface area (Å²) in [5.41, 5.74) is 11.4. The first-order chi connectivity index (χ1) is 24.8. The number of aromatic nitrogens is 4. The molecule has 3 aromatic heterocycles. The molecule has 0 aliphatic carbocycles. The van der Waals surface area contributed by atoms with Crippen molar-refractivity contribution in [2.75, 3.05) is 0 Å². The van der Waals surface area contributed by atoms with Crippen molar-refractivity contribution in [3.8, 4) is 50.7 Å². The summed E-state index contributed by atoms with van der Waals surface area (Å²) in [5, 5.41) is 4.31. The number of hydrogen-bond donors (Lipinski definition) is 0. The highest BCUT2D eigenvalue weighted by Gasteiger charge is 2.23. The van der Waals surface area contributed by atoms with Crippen molar-refractivity contribution in [3.63, 3.8) is 0 Å². The first-order valence-corrected chi connectivity index (χ1v) is 16.7. The number of rotatable bonds is 5. The molecule has 5 nitrogen and oxygen atoms in total. The molecule has 234 valence electrons. The predicted octanol–water partition coefficient (Wildman–Crippen LogP) is 11.5. The second-order valence-corrected chi connectivity index (χ2v) is 12.5. The van der Waals surface area contributed by atoms with Crippen LogP contribution >= 0.6 is 0 Å². The zero-order valence-electron chi connectivity index (χ0n) is 26.9. The number of hydrogen-bond acceptors (Lipinski definition) is 4. The topological polar surface area (TPSA) is 56.7 Å². The van der Waals surface area contributed by atoms with Gasteiger partial charge in [-0.05, 0) is 70.8 Å². The number of furan rings is 1. The van der Waals surface area contributed by atoms with Crippen LogP contribution in [0.25, 0.3) is 94.5 Å². The Morgan fingerprint density at radius 2 is 1.10 bits per heavy atom. The maximum Gasteiger partial charge on any atom is 0.163 e. The molecular formula is C45H28N4O. The van der Waals surface area contributed by atoms with Crippen LogP contribution in [0, 0.1) is 0 Å². The minimum absolute atomic E-state index is 0.622. The van der Waals surface area contributed by atoms with Gasteiger partial charge >= 0.3 is 0 Å². The average molecular weight is 641 g/mol. The van der Waals surface area contributed by atoms with E-state index in [2.05, 4.69) is 142 Å². The number of benzene rings is 7. The van der Waals surface area contributed by atoms with Gasteiger partial charge in [-0.1, -0.05) is 115 Å². The van der Waals surface area contributed by atoms with Crippen molar-refractivity contribution in [1.82, 2.24) is 19.5 Å². The van der Waals surface area contributed by atoms with Crippen LogP contribution in [0.1, 0.15) is 0 Å². The monoisotopic (exact) mass is 640 g/mol. The quantitative estimate of drug-likeness (QED) is 0.188. The normalized spacial score (nSPS) is 11.6. The molecule has 7 aromatic carbocycles. The third-order valence-corrected chi connectivity index (χ3v) is 9.53. The van der Waals surface area contributed by atoms with Gasteiger partial charge < -0.3 is 8.98 Å². The maximum atomic E-state index is 6.87. The summed E-state index contributed by atoms with van der Waals surface area (Å²) in [6.07, 6.45) is 1.59. The standard InChI is InChI=1S/C45H28N4O/c1-4-13-29(14-5-1)31-17-12-18-32(25-31)36-27-39-42(43-41(36)35-21-10-11-22-40(35)50-43)37-26-33(23-24-38(37)49(39)34-19-8-3-9-20-34)45-47-28-46-44(48-45)30-15-6-2-7-16-30/h1-28H. The van der Waals surface area contributed by atoms with Gasteiger partial charge in [0.25, 0.3) is 0 Å². The second-order valence-electron chi connectivity index (χ2n) is 12.5. The fourth-order valence-corrected chi connectivity index (χ4v) is 7.26. The molecule has 0 N–H and O–H groups in total. The van der Waals surface area contributed by atoms with Gasteiger partial charge in [0.05, 0.1) is 16.4 Å². The van der Waals surface area contributed by atoms with Crippen molar-refractivity contribution in [3.05, 3.63) is 170 Å². The second kappa shape index (κ2) is 11.4. The van der Waals surface area contributed by atoms with E-state index in [-0.39, 0.29) is 0 Å². The van der Waals surface area contributed by atoms with Crippen LogP contribution in [-0.4, -0.2) is 19.5 Å². The largest absolute Gasteiger partial charge is 0.455 e. The SMILES string of the molecule is c1ccc(-c2cccc(-c3cc4c(c5cc(-c6ncnc(-c7ccccc7)n6)ccc5n4-c4ccccc4)c4oc5ccccc5c34)c2)cc1. The van der Waals surface area contributed by atoms with Crippen molar-refractivity contribution >= 4 is 43.7 Å². The van der Waals surface area contributed by atoms with Gasteiger partial charge in [-0.2, -0.15) is 0 Å². The van der Waals surface area contributed by atoms with Gasteiger partial charge in [0, 0.05) is 33.0 Å². The average Bonchev–Trinajstić information content (AvgIpc) is 3.74. The highest BCUT2D eigenvalue weighted by molar-refractivity contribution is 6.28. The van der Waals surface area contributed by atoms with Crippen LogP contribution in [0.2, 0.25) is 0 Å². The van der Waals surface area contributed by atoms with Crippen LogP contribution in [-0.2, 0) is 0 Å². The molecule has 0 amide bonds. The van der Waals surface area contributed by atoms with Gasteiger partial charge in [0.15, 0.2) is 11.6 Å². The lowest BCUT2D eigenvalue weighted by atomic mass is 9.94. The van der Waals surface area contributed by atoms with E-state index in [9.17, 15) is 0 Å². The van der Waals surface area contributed by atoms with Crippen LogP contribution in [0.3, 0.4) is 0 Å². The molecule has 0 saturated carbocycles. The molecule has 10 rings (SSSR count). The lowest BCUT2D eigenvalue weighted by Crippen LogP contribution is -1.96. The Labute approximate surface area is 287 Å². The Hall–Kier alpha value is -6.85. The smallest absolute Gasteiger partial charge is 0.163 e. The third-order valence-electron chi connectivity index (χ3n) is 9.53. The summed E-state index contributed by atoms with van der Waals surface area (Å²) in [6.45, 7) is 0. The van der Waals surface area contributed by atoms with Gasteiger partial charge in [-0.15, -0.1) is 0 Å². The molecule has 50 heavy (non-hydrogen) atoms. The van der Waals surface area contributed by atoms with Crippen LogP contribution in [0.5, 0.6) is 0 Å². The molecule has 0 aliphatic heterocycles. The summed E-state index contributed by atoms with van der Waals surface area (Å²) < 4.78 is 9.21. The molecule has 0 atom stereocenters. The first kappa shape index (κ1) is 28.2. The third kappa shape index (κ3) is 4.52. The summed E-state index contributed by atoms with van der Waals surface area (Å²) in [4.78, 5) is 14.0. The molecule has 0 radical (unpaired) electrons. The van der Waals surface area contributed by atoms with Gasteiger partial charge in [0.1, 0.15) is 17.5 Å². The van der Waals surface area contributed by atoms with Crippen LogP contribution in [0.4, 0.5) is 0 Å². The number of fused-ring (bicyclic) bond motifs is 7. The fourth-order valence-electron chi connectivity index (χ4n) is 7.26. The highest BCUT2D eigenvalue weighted by Crippen LogP contribution is 2.46. The molecule has 0 fully saturated rings. The predicted molar refractivity (Wildman–Crippen MR) is 203 cm³/mol. The Bertz CT molecular complexity index is 2860. The van der Waals surface area contributed by atoms with Crippen molar-refractivity contribution in [2.45, 2.75) is 0 Å². The zero-order chi connectivity index (χ0) is 33.0. The lowest BCUT2D eigenvalue weighted by Gasteiger charge is -2.11. The molecule has 0 bridgehead atoms. The van der Waals surface area contributed by atoms with E-state index in [0.29, 0.717) is 11.6 Å². The van der Waals surface area contributed by atoms with Crippen molar-refractivity contribution in [1.29, 1.82) is 0 Å². The minimum Gasteiger partial charge on any atom is -0.455 e. The van der Waals surface area contributed by atoms with Crippen molar-refractivity contribution < 1.29 is 4.42 Å². The van der Waals surface area contributed by atoms with E-state index in [4.69, 9.17) is 9.40 Å². The van der Waals surface area contributed by atoms with E-state index in [1.165, 1.54) is 11.1 Å². The molecule has 0 unspecified atom stereocenters. The van der Waals surface area contributed by atoms with E-state index in [0.717, 1.165) is 71.7 Å². The number of nitrogens with zero attached hydrogens (tertiary/aromatic N) is 4. The van der Waals surface area contributed by atoms with E-state index >= 15 is 0 Å². The van der Waals surface area contributed by atoms with E-state index in [1.54, 1.807) is 6.33 Å². The Morgan fingerprint density at radius 3 is 1.90 bits per heavy atom. The molecule has 0 saturated heterocycles. The molecule has 0 spiro atoms. The van der Waals surface area contributed by atoms with Gasteiger partial charge in [0.2, 0.25) is 0 Å². The zero-order valence-corrected chi connectivity index (χ0v) is 26.9. The van der Waals surface area contributed by atoms with Crippen LogP contribution in [0.15, 0.2) is 175 Å². The minimum atomic E-state index is 0.622. The van der Waals surface area contributed by atoms with Gasteiger partial charge in [-0.3, -0.25) is 0 Å². The molecular weight excluding hydrogens is 613 g/mol. The Balaban J connectivity index is 1.29. The molecule has 3 heterocycles. The van der Waals surface area contributed by atoms with E-state index in [1.807, 2.05) is 36.4 Å². The summed E-state index contributed by atoms with van der Waals surface area (Å²) in [7, 11) is 0. The van der Waals surface area contributed by atoms with E-state index < -0.39 is 0 Å². The van der Waals surface area contributed by atoms with Crippen molar-refractivity contribution in [2.24, 2.45) is 0 Å². The summed E-state index contributed by atoms with van der Waals surface area (Å²) in [6, 6.07) is 57.1. The maximum absolute atomic E-state index is 6.87. The highest BCUT2D eigenvalue weighted by atomic mass is 16.3. The summed E-state index contributed by atoms with van der Waals surface area (Å²) in [5.74, 6) is 1.26. The Kier molecular flexibility index (Phi) is 6.42. The molecule has 5 heteroatoms. The molecule has 10 aromatic rings. The lowest BCUT2D eigenvalue weighted by molar-refractivity contribution is 0.673. The molecule has 0 aliphatic rings. The first-order valence-electron chi connectivity index (χ1n) is 16.7. The van der Waals surface area contributed by atoms with Gasteiger partial charge in [-0.25, -0.2) is 15.0 Å². The Morgan fingerprint density at radius 1 is 0.440 bits per heavy atom. The fraction of sp³-hybridized carbons (Fsp3) is 0. The number of para-hydroxylation sites is 2. The van der Waals surface area contributed by atoms with Crippen LogP contribution < -0.4 is 0 Å². The summed E-state index contributed by atoms with van der Waals surface area (Å²) >= 11 is 0.